The number of piperidine rings is 1. The Bertz CT molecular complexity index is 402. The molecule has 7 nitrogen and oxygen atoms in total. The van der Waals surface area contributed by atoms with Gasteiger partial charge in [0.15, 0.2) is 0 Å². The number of nitrogens with zero attached hydrogens (tertiary/aromatic N) is 1. The second-order valence-corrected chi connectivity index (χ2v) is 6.93. The van der Waals surface area contributed by atoms with Gasteiger partial charge < -0.3 is 10.1 Å². The maximum atomic E-state index is 11.6. The number of rotatable bonds is 2. The van der Waals surface area contributed by atoms with E-state index >= 15 is 0 Å². The summed E-state index contributed by atoms with van der Waals surface area (Å²) in [5, 5.41) is 7.71. The van der Waals surface area contributed by atoms with Crippen LogP contribution >= 0.6 is 0 Å². The van der Waals surface area contributed by atoms with Crippen LogP contribution in [0, 0.1) is 0 Å². The van der Waals surface area contributed by atoms with Crippen molar-refractivity contribution in [2.75, 3.05) is 13.1 Å². The third kappa shape index (κ3) is 5.19. The molecule has 0 aromatic heterocycles. The van der Waals surface area contributed by atoms with E-state index in [2.05, 4.69) is 5.32 Å². The second kappa shape index (κ2) is 5.41. The van der Waals surface area contributed by atoms with Crippen molar-refractivity contribution in [1.82, 2.24) is 9.62 Å². The number of hydrogen-bond acceptors (Lipinski definition) is 4. The minimum Gasteiger partial charge on any atom is -0.444 e. The molecule has 3 N–H and O–H groups in total. The summed E-state index contributed by atoms with van der Waals surface area (Å²) in [5.41, 5.74) is -0.571. The molecule has 18 heavy (non-hydrogen) atoms. The Balaban J connectivity index is 2.51. The Morgan fingerprint density at radius 2 is 2.06 bits per heavy atom. The van der Waals surface area contributed by atoms with Crippen LogP contribution in [0.5, 0.6) is 0 Å². The SMILES string of the molecule is CC(C)(C)OC(=O)N[C@@H]1CCCN(S(N)(=O)=O)C1. The summed E-state index contributed by atoms with van der Waals surface area (Å²) in [6.45, 7) is 5.89. The zero-order valence-electron chi connectivity index (χ0n) is 11.0. The largest absolute Gasteiger partial charge is 0.444 e. The molecule has 0 saturated carbocycles. The lowest BCUT2D eigenvalue weighted by Crippen LogP contribution is -2.51. The molecule has 1 amide bonds. The number of nitrogens with two attached hydrogens (primary N) is 1. The third-order valence-corrected chi connectivity index (χ3v) is 3.52. The first-order chi connectivity index (χ1) is 8.08. The summed E-state index contributed by atoms with van der Waals surface area (Å²) < 4.78 is 28.7. The number of alkyl carbamates (subject to hydrolysis) is 1. The molecule has 1 rings (SSSR count). The molecule has 106 valence electrons. The molecule has 0 radical (unpaired) electrons. The van der Waals surface area contributed by atoms with Crippen molar-refractivity contribution in [2.24, 2.45) is 5.14 Å². The first kappa shape index (κ1) is 15.2. The quantitative estimate of drug-likeness (QED) is 0.752. The van der Waals surface area contributed by atoms with Crippen LogP contribution in [-0.2, 0) is 14.9 Å². The Hall–Kier alpha value is -0.860. The molecule has 1 aliphatic rings. The molecule has 0 bridgehead atoms. The van der Waals surface area contributed by atoms with Gasteiger partial charge in [-0.05, 0) is 33.6 Å². The number of amides is 1. The zero-order chi connectivity index (χ0) is 14.0. The van der Waals surface area contributed by atoms with Crippen molar-refractivity contribution < 1.29 is 17.9 Å². The number of nitrogens with one attached hydrogen (secondary N) is 1. The predicted octanol–water partition coefficient (Wildman–Crippen LogP) is 0.179. The summed E-state index contributed by atoms with van der Waals surface area (Å²) in [5.74, 6) is 0. The summed E-state index contributed by atoms with van der Waals surface area (Å²) in [6, 6.07) is -0.257. The highest BCUT2D eigenvalue weighted by Crippen LogP contribution is 2.13. The minimum absolute atomic E-state index is 0.193. The van der Waals surface area contributed by atoms with Crippen molar-refractivity contribution in [3.63, 3.8) is 0 Å². The lowest BCUT2D eigenvalue weighted by molar-refractivity contribution is 0.0487. The van der Waals surface area contributed by atoms with E-state index in [0.29, 0.717) is 19.4 Å². The maximum absolute atomic E-state index is 11.6. The molecule has 0 aromatic rings. The highest BCUT2D eigenvalue weighted by molar-refractivity contribution is 7.86. The van der Waals surface area contributed by atoms with E-state index in [1.165, 1.54) is 4.31 Å². The Morgan fingerprint density at radius 1 is 1.44 bits per heavy atom. The van der Waals surface area contributed by atoms with Gasteiger partial charge in [-0.15, -0.1) is 0 Å². The molecule has 8 heteroatoms. The van der Waals surface area contributed by atoms with Gasteiger partial charge in [-0.3, -0.25) is 0 Å². The zero-order valence-corrected chi connectivity index (χ0v) is 11.8. The molecule has 0 spiro atoms. The van der Waals surface area contributed by atoms with E-state index in [4.69, 9.17) is 9.88 Å². The van der Waals surface area contributed by atoms with Crippen LogP contribution in [0.15, 0.2) is 0 Å². The molecule has 1 atom stereocenters. The molecule has 1 fully saturated rings. The van der Waals surface area contributed by atoms with Crippen LogP contribution in [0.1, 0.15) is 33.6 Å². The lowest BCUT2D eigenvalue weighted by Gasteiger charge is -2.31. The van der Waals surface area contributed by atoms with E-state index in [0.717, 1.165) is 0 Å². The highest BCUT2D eigenvalue weighted by Gasteiger charge is 2.28. The Kier molecular flexibility index (Phi) is 4.57. The predicted molar refractivity (Wildman–Crippen MR) is 67.1 cm³/mol. The molecular formula is C10H21N3O4S. The normalized spacial score (nSPS) is 22.6. The Morgan fingerprint density at radius 3 is 2.56 bits per heavy atom. The van der Waals surface area contributed by atoms with Gasteiger partial charge in [-0.2, -0.15) is 12.7 Å². The summed E-state index contributed by atoms with van der Waals surface area (Å²) in [7, 11) is -3.69. The van der Waals surface area contributed by atoms with E-state index in [1.807, 2.05) is 0 Å². The smallest absolute Gasteiger partial charge is 0.407 e. The topological polar surface area (TPSA) is 102 Å². The van der Waals surface area contributed by atoms with Crippen LogP contribution in [0.2, 0.25) is 0 Å². The molecule has 1 heterocycles. The van der Waals surface area contributed by atoms with Crippen molar-refractivity contribution >= 4 is 16.3 Å². The maximum Gasteiger partial charge on any atom is 0.407 e. The van der Waals surface area contributed by atoms with Gasteiger partial charge in [0.05, 0.1) is 0 Å². The van der Waals surface area contributed by atoms with Gasteiger partial charge in [0.25, 0.3) is 10.2 Å². The Labute approximate surface area is 108 Å². The van der Waals surface area contributed by atoms with Gasteiger partial charge in [0.2, 0.25) is 0 Å². The minimum atomic E-state index is -3.69. The number of carbonyl (C=O) groups excluding carboxylic acids is 1. The fourth-order valence-electron chi connectivity index (χ4n) is 1.77. The van der Waals surface area contributed by atoms with Crippen molar-refractivity contribution in [3.8, 4) is 0 Å². The monoisotopic (exact) mass is 279 g/mol. The number of carbonyl (C=O) groups is 1. The van der Waals surface area contributed by atoms with Gasteiger partial charge in [-0.25, -0.2) is 9.93 Å². The summed E-state index contributed by atoms with van der Waals surface area (Å²) >= 11 is 0. The van der Waals surface area contributed by atoms with Crippen LogP contribution in [0.25, 0.3) is 0 Å². The number of ether oxygens (including phenoxy) is 1. The average molecular weight is 279 g/mol. The van der Waals surface area contributed by atoms with Crippen LogP contribution in [-0.4, -0.2) is 43.5 Å². The fourth-order valence-corrected chi connectivity index (χ4v) is 2.54. The van der Waals surface area contributed by atoms with Crippen LogP contribution in [0.4, 0.5) is 4.79 Å². The molecular weight excluding hydrogens is 258 g/mol. The van der Waals surface area contributed by atoms with Gasteiger partial charge in [0, 0.05) is 19.1 Å². The first-order valence-corrected chi connectivity index (χ1v) is 7.35. The summed E-state index contributed by atoms with van der Waals surface area (Å²) in [6.07, 6.45) is 0.839. The molecule has 1 saturated heterocycles. The fraction of sp³-hybridized carbons (Fsp3) is 0.900. The van der Waals surface area contributed by atoms with E-state index in [-0.39, 0.29) is 12.6 Å². The van der Waals surface area contributed by atoms with Crippen LogP contribution in [0.3, 0.4) is 0 Å². The summed E-state index contributed by atoms with van der Waals surface area (Å²) in [4.78, 5) is 11.6. The molecule has 1 aliphatic heterocycles. The van der Waals surface area contributed by atoms with Crippen molar-refractivity contribution in [1.29, 1.82) is 0 Å². The van der Waals surface area contributed by atoms with E-state index in [1.54, 1.807) is 20.8 Å². The molecule has 0 unspecified atom stereocenters. The van der Waals surface area contributed by atoms with Gasteiger partial charge in [-0.1, -0.05) is 0 Å². The molecule has 0 aromatic carbocycles. The average Bonchev–Trinajstić information content (AvgIpc) is 2.13. The first-order valence-electron chi connectivity index (χ1n) is 5.85. The van der Waals surface area contributed by atoms with Crippen molar-refractivity contribution in [2.45, 2.75) is 45.3 Å². The standard InChI is InChI=1S/C10H21N3O4S/c1-10(2,3)17-9(14)12-8-5-4-6-13(7-8)18(11,15)16/h8H,4-7H2,1-3H3,(H,12,14)(H2,11,15,16)/t8-/m1/s1. The molecule has 0 aliphatic carbocycles. The van der Waals surface area contributed by atoms with Crippen LogP contribution < -0.4 is 10.5 Å². The van der Waals surface area contributed by atoms with Crippen molar-refractivity contribution in [3.05, 3.63) is 0 Å². The lowest BCUT2D eigenvalue weighted by atomic mass is 10.1. The van der Waals surface area contributed by atoms with E-state index in [9.17, 15) is 13.2 Å². The second-order valence-electron chi connectivity index (χ2n) is 5.39. The van der Waals surface area contributed by atoms with E-state index < -0.39 is 21.9 Å². The van der Waals surface area contributed by atoms with Gasteiger partial charge >= 0.3 is 6.09 Å². The van der Waals surface area contributed by atoms with Gasteiger partial charge in [0.1, 0.15) is 5.60 Å². The number of hydrogen-bond donors (Lipinski definition) is 2. The highest BCUT2D eigenvalue weighted by atomic mass is 32.2. The third-order valence-electron chi connectivity index (χ3n) is 2.46.